The number of carbonyl (C=O) groups is 1. The molecule has 1 aromatic carbocycles. The maximum Gasteiger partial charge on any atom is 0.417 e. The number of hydrogen-bond acceptors (Lipinski definition) is 3. The van der Waals surface area contributed by atoms with Crippen molar-refractivity contribution in [2.45, 2.75) is 20.0 Å². The normalized spacial score (nSPS) is 15.3. The lowest BCUT2D eigenvalue weighted by Gasteiger charge is -2.35. The summed E-state index contributed by atoms with van der Waals surface area (Å²) in [4.78, 5) is 20.3. The largest absolute Gasteiger partial charge is 0.417 e. The van der Waals surface area contributed by atoms with E-state index in [-0.39, 0.29) is 5.91 Å². The standard InChI is InChI=1S/C19H20F3N3O/c1-13-9-14(2)11-15(10-13)18(26)25-7-5-24(6-8-25)17-4-3-16(12-23-17)19(20,21)22/h3-4,9-12H,5-8H2,1-2H3. The molecule has 0 unspecified atom stereocenters. The molecule has 0 aliphatic carbocycles. The second kappa shape index (κ2) is 6.97. The lowest BCUT2D eigenvalue weighted by molar-refractivity contribution is -0.137. The molecule has 7 heteroatoms. The van der Waals surface area contributed by atoms with Crippen molar-refractivity contribution in [2.75, 3.05) is 31.1 Å². The van der Waals surface area contributed by atoms with E-state index in [2.05, 4.69) is 4.98 Å². The van der Waals surface area contributed by atoms with Gasteiger partial charge in [0.15, 0.2) is 0 Å². The number of halogens is 3. The molecule has 26 heavy (non-hydrogen) atoms. The van der Waals surface area contributed by atoms with Gasteiger partial charge in [-0.25, -0.2) is 4.98 Å². The molecule has 0 saturated carbocycles. The molecule has 1 aliphatic rings. The molecule has 138 valence electrons. The summed E-state index contributed by atoms with van der Waals surface area (Å²) in [6, 6.07) is 8.18. The fourth-order valence-electron chi connectivity index (χ4n) is 3.16. The molecule has 1 fully saturated rings. The SMILES string of the molecule is Cc1cc(C)cc(C(=O)N2CCN(c3ccc(C(F)(F)F)cn3)CC2)c1. The van der Waals surface area contributed by atoms with E-state index in [4.69, 9.17) is 0 Å². The van der Waals surface area contributed by atoms with Gasteiger partial charge in [0, 0.05) is 37.9 Å². The van der Waals surface area contributed by atoms with Crippen molar-refractivity contribution < 1.29 is 18.0 Å². The molecule has 3 rings (SSSR count). The fraction of sp³-hybridized carbons (Fsp3) is 0.368. The number of piperazine rings is 1. The van der Waals surface area contributed by atoms with Crippen LogP contribution in [0.15, 0.2) is 36.5 Å². The lowest BCUT2D eigenvalue weighted by atomic mass is 10.1. The van der Waals surface area contributed by atoms with Crippen LogP contribution in [0.4, 0.5) is 19.0 Å². The molecule has 1 aliphatic heterocycles. The highest BCUT2D eigenvalue weighted by atomic mass is 19.4. The summed E-state index contributed by atoms with van der Waals surface area (Å²) in [7, 11) is 0. The highest BCUT2D eigenvalue weighted by Gasteiger charge is 2.31. The van der Waals surface area contributed by atoms with Gasteiger partial charge in [-0.2, -0.15) is 13.2 Å². The van der Waals surface area contributed by atoms with Gasteiger partial charge in [0.05, 0.1) is 5.56 Å². The number of benzene rings is 1. The number of alkyl halides is 3. The van der Waals surface area contributed by atoms with E-state index in [1.807, 2.05) is 36.9 Å². The van der Waals surface area contributed by atoms with Gasteiger partial charge in [-0.05, 0) is 38.1 Å². The van der Waals surface area contributed by atoms with Crippen LogP contribution in [-0.2, 0) is 6.18 Å². The van der Waals surface area contributed by atoms with E-state index in [0.717, 1.165) is 23.4 Å². The van der Waals surface area contributed by atoms with Crippen LogP contribution >= 0.6 is 0 Å². The fourth-order valence-corrected chi connectivity index (χ4v) is 3.16. The number of anilines is 1. The predicted molar refractivity (Wildman–Crippen MR) is 93.3 cm³/mol. The van der Waals surface area contributed by atoms with Crippen LogP contribution < -0.4 is 4.90 Å². The quantitative estimate of drug-likeness (QED) is 0.817. The topological polar surface area (TPSA) is 36.4 Å². The second-order valence-electron chi connectivity index (χ2n) is 6.56. The molecule has 2 aromatic rings. The van der Waals surface area contributed by atoms with Crippen LogP contribution in [-0.4, -0.2) is 42.0 Å². The van der Waals surface area contributed by atoms with Crippen molar-refractivity contribution in [3.63, 3.8) is 0 Å². The summed E-state index contributed by atoms with van der Waals surface area (Å²) in [6.07, 6.45) is -3.54. The van der Waals surface area contributed by atoms with E-state index in [0.29, 0.717) is 37.6 Å². The van der Waals surface area contributed by atoms with Gasteiger partial charge < -0.3 is 9.80 Å². The minimum absolute atomic E-state index is 0.0168. The number of pyridine rings is 1. The van der Waals surface area contributed by atoms with Crippen molar-refractivity contribution in [1.82, 2.24) is 9.88 Å². The number of nitrogens with zero attached hydrogens (tertiary/aromatic N) is 3. The van der Waals surface area contributed by atoms with E-state index in [9.17, 15) is 18.0 Å². The Labute approximate surface area is 150 Å². The van der Waals surface area contributed by atoms with Crippen molar-refractivity contribution in [1.29, 1.82) is 0 Å². The third-order valence-electron chi connectivity index (χ3n) is 4.43. The maximum absolute atomic E-state index is 12.7. The summed E-state index contributed by atoms with van der Waals surface area (Å²) >= 11 is 0. The van der Waals surface area contributed by atoms with Crippen molar-refractivity contribution in [3.05, 3.63) is 58.8 Å². The predicted octanol–water partition coefficient (Wildman–Crippen LogP) is 3.68. The monoisotopic (exact) mass is 363 g/mol. The van der Waals surface area contributed by atoms with Gasteiger partial charge in [-0.15, -0.1) is 0 Å². The summed E-state index contributed by atoms with van der Waals surface area (Å²) in [5.41, 5.74) is 2.00. The third-order valence-corrected chi connectivity index (χ3v) is 4.43. The van der Waals surface area contributed by atoms with E-state index >= 15 is 0 Å². The van der Waals surface area contributed by atoms with Crippen molar-refractivity contribution in [2.24, 2.45) is 0 Å². The first-order chi connectivity index (χ1) is 12.2. The molecular weight excluding hydrogens is 343 g/mol. The molecule has 0 spiro atoms. The maximum atomic E-state index is 12.7. The van der Waals surface area contributed by atoms with Gasteiger partial charge >= 0.3 is 6.18 Å². The van der Waals surface area contributed by atoms with E-state index in [1.54, 1.807) is 4.90 Å². The first kappa shape index (κ1) is 18.2. The number of aryl methyl sites for hydroxylation is 2. The van der Waals surface area contributed by atoms with Crippen LogP contribution in [0, 0.1) is 13.8 Å². The number of hydrogen-bond donors (Lipinski definition) is 0. The average molecular weight is 363 g/mol. The van der Waals surface area contributed by atoms with Crippen LogP contribution in [0.5, 0.6) is 0 Å². The Morgan fingerprint density at radius 3 is 2.12 bits per heavy atom. The molecule has 0 N–H and O–H groups in total. The number of aromatic nitrogens is 1. The van der Waals surface area contributed by atoms with Gasteiger partial charge in [0.1, 0.15) is 5.82 Å². The zero-order valence-corrected chi connectivity index (χ0v) is 14.7. The molecule has 4 nitrogen and oxygen atoms in total. The number of rotatable bonds is 2. The smallest absolute Gasteiger partial charge is 0.353 e. The molecule has 1 aromatic heterocycles. The number of amides is 1. The van der Waals surface area contributed by atoms with Crippen LogP contribution in [0.1, 0.15) is 27.0 Å². The summed E-state index contributed by atoms with van der Waals surface area (Å²) in [6.45, 7) is 6.00. The molecule has 1 amide bonds. The van der Waals surface area contributed by atoms with Gasteiger partial charge in [-0.3, -0.25) is 4.79 Å². The highest BCUT2D eigenvalue weighted by molar-refractivity contribution is 5.94. The zero-order chi connectivity index (χ0) is 18.9. The lowest BCUT2D eigenvalue weighted by Crippen LogP contribution is -2.49. The Morgan fingerprint density at radius 1 is 1.00 bits per heavy atom. The Balaban J connectivity index is 1.64. The van der Waals surface area contributed by atoms with E-state index in [1.165, 1.54) is 6.07 Å². The summed E-state index contributed by atoms with van der Waals surface area (Å²) in [5, 5.41) is 0. The van der Waals surface area contributed by atoms with Crippen LogP contribution in [0.25, 0.3) is 0 Å². The highest BCUT2D eigenvalue weighted by Crippen LogP contribution is 2.29. The Morgan fingerprint density at radius 2 is 1.62 bits per heavy atom. The van der Waals surface area contributed by atoms with Crippen LogP contribution in [0.2, 0.25) is 0 Å². The van der Waals surface area contributed by atoms with Gasteiger partial charge in [-0.1, -0.05) is 17.2 Å². The molecular formula is C19H20F3N3O. The molecule has 2 heterocycles. The Hall–Kier alpha value is -2.57. The molecule has 0 atom stereocenters. The van der Waals surface area contributed by atoms with Crippen molar-refractivity contribution in [3.8, 4) is 0 Å². The summed E-state index contributed by atoms with van der Waals surface area (Å²) in [5.74, 6) is 0.480. The summed E-state index contributed by atoms with van der Waals surface area (Å²) < 4.78 is 37.9. The minimum Gasteiger partial charge on any atom is -0.353 e. The minimum atomic E-state index is -4.39. The van der Waals surface area contributed by atoms with Gasteiger partial charge in [0.25, 0.3) is 5.91 Å². The number of carbonyl (C=O) groups excluding carboxylic acids is 1. The molecule has 1 saturated heterocycles. The molecule has 0 bridgehead atoms. The average Bonchev–Trinajstić information content (AvgIpc) is 2.60. The third kappa shape index (κ3) is 3.98. The van der Waals surface area contributed by atoms with Crippen LogP contribution in [0.3, 0.4) is 0 Å². The Bertz CT molecular complexity index is 774. The molecule has 0 radical (unpaired) electrons. The first-order valence-electron chi connectivity index (χ1n) is 8.40. The first-order valence-corrected chi connectivity index (χ1v) is 8.40. The second-order valence-corrected chi connectivity index (χ2v) is 6.56. The van der Waals surface area contributed by atoms with Crippen molar-refractivity contribution >= 4 is 11.7 Å². The Kier molecular flexibility index (Phi) is 4.89. The zero-order valence-electron chi connectivity index (χ0n) is 14.7. The van der Waals surface area contributed by atoms with E-state index < -0.39 is 11.7 Å². The van der Waals surface area contributed by atoms with Gasteiger partial charge in [0.2, 0.25) is 0 Å².